The zero-order valence-corrected chi connectivity index (χ0v) is 14.1. The zero-order chi connectivity index (χ0) is 19.4. The maximum Gasteiger partial charge on any atom is 0.345 e. The fraction of sp³-hybridized carbons (Fsp3) is 0.917. The van der Waals surface area contributed by atoms with Crippen molar-refractivity contribution in [3.8, 4) is 0 Å². The minimum absolute atomic E-state index is 0.136. The molecule has 0 aromatic rings. The summed E-state index contributed by atoms with van der Waals surface area (Å²) in [4.78, 5) is 23.6. The molecule has 0 aromatic heterocycles. The Bertz CT molecular complexity index is 469. The largest absolute Gasteiger partial charge is 0.395 e. The summed E-state index contributed by atoms with van der Waals surface area (Å²) < 4.78 is 5.00. The number of amides is 2. The molecule has 1 saturated heterocycles. The van der Waals surface area contributed by atoms with Gasteiger partial charge in [0.05, 0.1) is 18.4 Å². The van der Waals surface area contributed by atoms with Gasteiger partial charge in [0.1, 0.15) is 24.4 Å². The van der Waals surface area contributed by atoms with Crippen LogP contribution in [0.15, 0.2) is 5.29 Å². The van der Waals surface area contributed by atoms with E-state index in [1.54, 1.807) is 0 Å². The Morgan fingerprint density at radius 2 is 1.92 bits per heavy atom. The second-order valence-corrected chi connectivity index (χ2v) is 5.95. The Morgan fingerprint density at radius 1 is 1.32 bits per heavy atom. The molecule has 0 radical (unpaired) electrons. The molecule has 13 heteroatoms. The molecular formula is C12H22ClN3O9. The number of hydrogen-bond donors (Lipinski definition) is 6. The van der Waals surface area contributed by atoms with Crippen LogP contribution < -0.4 is 0 Å². The van der Waals surface area contributed by atoms with Crippen LogP contribution in [0.25, 0.3) is 0 Å². The first kappa shape index (κ1) is 21.9. The highest BCUT2D eigenvalue weighted by molar-refractivity contribution is 6.18. The van der Waals surface area contributed by atoms with E-state index in [1.165, 1.54) is 0 Å². The van der Waals surface area contributed by atoms with E-state index in [0.29, 0.717) is 9.91 Å². The lowest BCUT2D eigenvalue weighted by atomic mass is 9.92. The Hall–Kier alpha value is -1.12. The van der Waals surface area contributed by atoms with Gasteiger partial charge in [-0.3, -0.25) is 4.90 Å². The predicted molar refractivity (Wildman–Crippen MR) is 81.9 cm³/mol. The minimum Gasteiger partial charge on any atom is -0.395 e. The van der Waals surface area contributed by atoms with Crippen LogP contribution in [0.1, 0.15) is 6.92 Å². The van der Waals surface area contributed by atoms with Gasteiger partial charge in [0.15, 0.2) is 12.0 Å². The van der Waals surface area contributed by atoms with Crippen molar-refractivity contribution < 1.29 is 40.2 Å². The minimum atomic E-state index is -2.34. The van der Waals surface area contributed by atoms with Gasteiger partial charge in [0.25, 0.3) is 0 Å². The fourth-order valence-corrected chi connectivity index (χ4v) is 2.54. The summed E-state index contributed by atoms with van der Waals surface area (Å²) in [7, 11) is 0. The van der Waals surface area contributed by atoms with Gasteiger partial charge in [-0.15, -0.1) is 16.5 Å². The second-order valence-electron chi connectivity index (χ2n) is 5.57. The molecule has 146 valence electrons. The first-order valence-electron chi connectivity index (χ1n) is 7.33. The molecule has 0 saturated carbocycles. The van der Waals surface area contributed by atoms with Gasteiger partial charge in [0.2, 0.25) is 0 Å². The van der Waals surface area contributed by atoms with Crippen molar-refractivity contribution in [2.75, 3.05) is 25.6 Å². The molecule has 0 spiro atoms. The molecule has 1 rings (SSSR count). The molecule has 25 heavy (non-hydrogen) atoms. The van der Waals surface area contributed by atoms with Crippen LogP contribution in [0.4, 0.5) is 4.79 Å². The maximum absolute atomic E-state index is 12.3. The van der Waals surface area contributed by atoms with E-state index in [0.717, 1.165) is 6.92 Å². The average Bonchev–Trinajstić information content (AvgIpc) is 2.58. The van der Waals surface area contributed by atoms with Gasteiger partial charge < -0.3 is 35.4 Å². The SMILES string of the molecule is C[C@]1(O)O[C@H](C(O)N(CCO)C(=O)N(CCCl)N=O)[C@@H](O)[C@H](O)[C@H]1O. The number of carbonyl (C=O) groups excluding carboxylic acids is 1. The molecule has 1 aliphatic rings. The average molecular weight is 388 g/mol. The van der Waals surface area contributed by atoms with Crippen LogP contribution in [0, 0.1) is 4.91 Å². The Kier molecular flexibility index (Phi) is 7.89. The molecule has 1 heterocycles. The van der Waals surface area contributed by atoms with E-state index in [1.807, 2.05) is 0 Å². The van der Waals surface area contributed by atoms with Crippen molar-refractivity contribution in [1.82, 2.24) is 9.91 Å². The first-order valence-corrected chi connectivity index (χ1v) is 7.86. The third kappa shape index (κ3) is 4.74. The first-order chi connectivity index (χ1) is 11.6. The third-order valence-corrected chi connectivity index (χ3v) is 3.92. The van der Waals surface area contributed by atoms with Crippen LogP contribution >= 0.6 is 11.6 Å². The van der Waals surface area contributed by atoms with E-state index >= 15 is 0 Å². The highest BCUT2D eigenvalue weighted by atomic mass is 35.5. The van der Waals surface area contributed by atoms with Crippen molar-refractivity contribution in [1.29, 1.82) is 0 Å². The molecule has 2 amide bonds. The van der Waals surface area contributed by atoms with Crippen molar-refractivity contribution in [3.05, 3.63) is 4.91 Å². The molecule has 0 bridgehead atoms. The Labute approximate surface area is 147 Å². The number of alkyl halides is 1. The summed E-state index contributed by atoms with van der Waals surface area (Å²) in [5.74, 6) is -2.47. The van der Waals surface area contributed by atoms with Gasteiger partial charge in [0, 0.05) is 12.4 Å². The van der Waals surface area contributed by atoms with Crippen LogP contribution in [-0.2, 0) is 4.74 Å². The number of hydrogen-bond acceptors (Lipinski definition) is 10. The van der Waals surface area contributed by atoms with Gasteiger partial charge in [-0.1, -0.05) is 0 Å². The monoisotopic (exact) mass is 387 g/mol. The van der Waals surface area contributed by atoms with E-state index in [2.05, 4.69) is 5.29 Å². The predicted octanol–water partition coefficient (Wildman–Crippen LogP) is -2.87. The van der Waals surface area contributed by atoms with Crippen LogP contribution in [0.5, 0.6) is 0 Å². The van der Waals surface area contributed by atoms with Gasteiger partial charge >= 0.3 is 6.03 Å². The fourth-order valence-electron chi connectivity index (χ4n) is 2.38. The smallest absolute Gasteiger partial charge is 0.345 e. The van der Waals surface area contributed by atoms with Crippen LogP contribution in [-0.4, -0.2) is 109 Å². The number of halogens is 1. The summed E-state index contributed by atoms with van der Waals surface area (Å²) in [6, 6.07) is -1.15. The standard InChI is InChI=1S/C12H22ClN3O9/c1-12(23)9(20)7(19)6(18)8(25-12)10(21)15(4-5-17)11(22)16(14-24)3-2-13/h6-10,17-21,23H,2-5H2,1H3/t6-,7-,8-,9+,10?,12-/m0/s1. The summed E-state index contributed by atoms with van der Waals surface area (Å²) >= 11 is 5.44. The summed E-state index contributed by atoms with van der Waals surface area (Å²) in [6.45, 7) is -0.411. The highest BCUT2D eigenvalue weighted by Crippen LogP contribution is 2.30. The number of nitrogens with zero attached hydrogens (tertiary/aromatic N) is 3. The number of ether oxygens (including phenoxy) is 1. The summed E-state index contributed by atoms with van der Waals surface area (Å²) in [5, 5.41) is 61.6. The molecule has 1 fully saturated rings. The van der Waals surface area contributed by atoms with Gasteiger partial charge in [-0.2, -0.15) is 5.01 Å². The topological polar surface area (TPSA) is 184 Å². The molecule has 6 atom stereocenters. The number of aliphatic hydroxyl groups is 6. The molecule has 0 aromatic carbocycles. The quantitative estimate of drug-likeness (QED) is 0.116. The molecule has 12 nitrogen and oxygen atoms in total. The highest BCUT2D eigenvalue weighted by Gasteiger charge is 2.53. The second kappa shape index (κ2) is 9.00. The van der Waals surface area contributed by atoms with Crippen molar-refractivity contribution in [3.63, 3.8) is 0 Å². The van der Waals surface area contributed by atoms with E-state index in [9.17, 15) is 35.2 Å². The number of nitroso groups, excluding NO2 is 1. The number of aliphatic hydroxyl groups excluding tert-OH is 5. The molecule has 1 aliphatic heterocycles. The molecule has 0 aliphatic carbocycles. The number of carbonyl (C=O) groups is 1. The van der Waals surface area contributed by atoms with E-state index in [4.69, 9.17) is 21.4 Å². The molecular weight excluding hydrogens is 366 g/mol. The summed E-state index contributed by atoms with van der Waals surface area (Å²) in [5.41, 5.74) is 0. The van der Waals surface area contributed by atoms with Crippen LogP contribution in [0.2, 0.25) is 0 Å². The van der Waals surface area contributed by atoms with E-state index < -0.39 is 55.6 Å². The molecule has 1 unspecified atom stereocenters. The molecule has 6 N–H and O–H groups in total. The van der Waals surface area contributed by atoms with Crippen molar-refractivity contribution in [2.45, 2.75) is 43.4 Å². The number of urea groups is 1. The summed E-state index contributed by atoms with van der Waals surface area (Å²) in [6.07, 6.45) is -9.41. The lowest BCUT2D eigenvalue weighted by Crippen LogP contribution is -2.68. The van der Waals surface area contributed by atoms with Gasteiger partial charge in [-0.05, 0) is 6.92 Å². The van der Waals surface area contributed by atoms with Gasteiger partial charge in [-0.25, -0.2) is 4.79 Å². The normalized spacial score (nSPS) is 33.6. The third-order valence-electron chi connectivity index (χ3n) is 3.75. The number of rotatable bonds is 7. The van der Waals surface area contributed by atoms with Crippen LogP contribution in [0.3, 0.4) is 0 Å². The van der Waals surface area contributed by atoms with Crippen molar-refractivity contribution in [2.24, 2.45) is 5.29 Å². The Balaban J connectivity index is 3.06. The lowest BCUT2D eigenvalue weighted by molar-refractivity contribution is -0.355. The van der Waals surface area contributed by atoms with E-state index in [-0.39, 0.29) is 12.4 Å². The Morgan fingerprint density at radius 3 is 2.40 bits per heavy atom. The lowest BCUT2D eigenvalue weighted by Gasteiger charge is -2.47. The zero-order valence-electron chi connectivity index (χ0n) is 13.3. The van der Waals surface area contributed by atoms with Crippen molar-refractivity contribution >= 4 is 17.6 Å². The maximum atomic E-state index is 12.3.